The lowest BCUT2D eigenvalue weighted by Gasteiger charge is -2.09. The Morgan fingerprint density at radius 3 is 2.57 bits per heavy atom. The van der Waals surface area contributed by atoms with Gasteiger partial charge in [0.25, 0.3) is 5.91 Å². The predicted octanol–water partition coefficient (Wildman–Crippen LogP) is 0.301. The van der Waals surface area contributed by atoms with Gasteiger partial charge in [0.1, 0.15) is 5.69 Å². The largest absolute Gasteiger partial charge is 0.479 e. The maximum Gasteiger partial charge on any atom is 0.319 e. The molecule has 0 aliphatic carbocycles. The molecule has 0 spiro atoms. The van der Waals surface area contributed by atoms with Crippen LogP contribution in [0.5, 0.6) is 17.9 Å². The van der Waals surface area contributed by atoms with E-state index in [4.69, 9.17) is 14.2 Å². The first-order valence-corrected chi connectivity index (χ1v) is 5.87. The van der Waals surface area contributed by atoms with Crippen LogP contribution in [-0.2, 0) is 4.79 Å². The molecule has 0 fully saturated rings. The van der Waals surface area contributed by atoms with Crippen LogP contribution in [0, 0.1) is 0 Å². The van der Waals surface area contributed by atoms with E-state index in [0.717, 1.165) is 0 Å². The highest BCUT2D eigenvalue weighted by Crippen LogP contribution is 2.22. The second-order valence-corrected chi connectivity index (χ2v) is 3.65. The van der Waals surface area contributed by atoms with Gasteiger partial charge in [-0.1, -0.05) is 0 Å². The molecule has 9 nitrogen and oxygen atoms in total. The van der Waals surface area contributed by atoms with E-state index in [9.17, 15) is 4.79 Å². The van der Waals surface area contributed by atoms with Crippen molar-refractivity contribution in [3.8, 4) is 17.9 Å². The van der Waals surface area contributed by atoms with Gasteiger partial charge >= 0.3 is 12.0 Å². The number of nitrogens with one attached hydrogen (secondary N) is 1. The Morgan fingerprint density at radius 2 is 1.90 bits per heavy atom. The minimum Gasteiger partial charge on any atom is -0.479 e. The molecule has 2 aromatic heterocycles. The molecule has 1 N–H and O–H groups in total. The molecule has 0 aromatic carbocycles. The number of aromatic nitrogens is 4. The molecule has 0 atom stereocenters. The van der Waals surface area contributed by atoms with E-state index in [-0.39, 0.29) is 24.5 Å². The van der Waals surface area contributed by atoms with Gasteiger partial charge in [0.05, 0.1) is 20.4 Å². The Hall–Kier alpha value is -2.97. The van der Waals surface area contributed by atoms with Gasteiger partial charge in [-0.25, -0.2) is 15.0 Å². The van der Waals surface area contributed by atoms with Gasteiger partial charge in [0.2, 0.25) is 5.88 Å². The number of hydrogen-bond donors (Lipinski definition) is 1. The number of carbonyl (C=O) groups excluding carboxylic acids is 1. The third kappa shape index (κ3) is 4.00. The lowest BCUT2D eigenvalue weighted by molar-refractivity contribution is -0.118. The molecule has 0 aliphatic rings. The minimum absolute atomic E-state index is 0.116. The van der Waals surface area contributed by atoms with Gasteiger partial charge < -0.3 is 19.5 Å². The zero-order valence-corrected chi connectivity index (χ0v) is 11.4. The average molecular weight is 291 g/mol. The van der Waals surface area contributed by atoms with E-state index in [2.05, 4.69) is 25.3 Å². The van der Waals surface area contributed by atoms with Gasteiger partial charge in [0, 0.05) is 12.4 Å². The normalized spacial score (nSPS) is 9.81. The summed E-state index contributed by atoms with van der Waals surface area (Å²) in [6.07, 6.45) is 4.41. The van der Waals surface area contributed by atoms with Crippen molar-refractivity contribution >= 4 is 11.6 Å². The molecule has 1 amide bonds. The van der Waals surface area contributed by atoms with Crippen molar-refractivity contribution in [2.24, 2.45) is 0 Å². The van der Waals surface area contributed by atoms with Gasteiger partial charge in [0.15, 0.2) is 6.61 Å². The van der Waals surface area contributed by atoms with E-state index in [1.54, 1.807) is 6.07 Å². The van der Waals surface area contributed by atoms with Crippen LogP contribution in [0.4, 0.5) is 5.69 Å². The standard InChI is InChI=1S/C12H13N5O4/c1-19-10-8(6-15-12(17-10)20-2)16-9(18)7-21-11-13-4-3-5-14-11/h3-6H,7H2,1-2H3,(H,16,18). The molecular weight excluding hydrogens is 278 g/mol. The number of anilines is 1. The van der Waals surface area contributed by atoms with Crippen molar-refractivity contribution in [1.82, 2.24) is 19.9 Å². The summed E-state index contributed by atoms with van der Waals surface area (Å²) in [7, 11) is 2.85. The first kappa shape index (κ1) is 14.4. The second kappa shape index (κ2) is 6.98. The Kier molecular flexibility index (Phi) is 4.80. The molecule has 2 aromatic rings. The van der Waals surface area contributed by atoms with Gasteiger partial charge in [-0.15, -0.1) is 0 Å². The Morgan fingerprint density at radius 1 is 1.14 bits per heavy atom. The maximum atomic E-state index is 11.8. The number of hydrogen-bond acceptors (Lipinski definition) is 8. The van der Waals surface area contributed by atoms with Crippen molar-refractivity contribution in [2.45, 2.75) is 0 Å². The van der Waals surface area contributed by atoms with Gasteiger partial charge in [-0.3, -0.25) is 4.79 Å². The molecule has 0 radical (unpaired) electrons. The van der Waals surface area contributed by atoms with Gasteiger partial charge in [-0.2, -0.15) is 4.98 Å². The van der Waals surface area contributed by atoms with E-state index in [1.807, 2.05) is 0 Å². The van der Waals surface area contributed by atoms with Crippen molar-refractivity contribution in [3.63, 3.8) is 0 Å². The minimum atomic E-state index is -0.422. The monoisotopic (exact) mass is 291 g/mol. The molecule has 21 heavy (non-hydrogen) atoms. The number of methoxy groups -OCH3 is 2. The average Bonchev–Trinajstić information content (AvgIpc) is 2.54. The number of nitrogens with zero attached hydrogens (tertiary/aromatic N) is 4. The lowest BCUT2D eigenvalue weighted by Crippen LogP contribution is -2.21. The summed E-state index contributed by atoms with van der Waals surface area (Å²) < 4.78 is 15.0. The fraction of sp³-hybridized carbons (Fsp3) is 0.250. The van der Waals surface area contributed by atoms with Gasteiger partial charge in [-0.05, 0) is 6.07 Å². The van der Waals surface area contributed by atoms with Crippen LogP contribution in [0.3, 0.4) is 0 Å². The van der Waals surface area contributed by atoms with Crippen LogP contribution in [0.2, 0.25) is 0 Å². The summed E-state index contributed by atoms with van der Waals surface area (Å²) in [6, 6.07) is 1.90. The van der Waals surface area contributed by atoms with Crippen LogP contribution >= 0.6 is 0 Å². The SMILES string of the molecule is COc1ncc(NC(=O)COc2ncccn2)c(OC)n1. The summed E-state index contributed by atoms with van der Waals surface area (Å²) in [5.74, 6) is -0.235. The molecule has 9 heteroatoms. The van der Waals surface area contributed by atoms with Crippen LogP contribution in [0.15, 0.2) is 24.7 Å². The van der Waals surface area contributed by atoms with Crippen LogP contribution in [-0.4, -0.2) is 46.7 Å². The molecule has 0 aliphatic heterocycles. The predicted molar refractivity (Wildman–Crippen MR) is 71.3 cm³/mol. The summed E-state index contributed by atoms with van der Waals surface area (Å²) in [5.41, 5.74) is 0.306. The smallest absolute Gasteiger partial charge is 0.319 e. The zero-order valence-electron chi connectivity index (χ0n) is 11.4. The molecule has 2 heterocycles. The second-order valence-electron chi connectivity index (χ2n) is 3.65. The Balaban J connectivity index is 1.96. The summed E-state index contributed by atoms with van der Waals surface area (Å²) in [6.45, 7) is -0.251. The first-order chi connectivity index (χ1) is 10.2. The number of amides is 1. The van der Waals surface area contributed by atoms with Crippen molar-refractivity contribution in [2.75, 3.05) is 26.1 Å². The fourth-order valence-electron chi connectivity index (χ4n) is 1.37. The van der Waals surface area contributed by atoms with Crippen LogP contribution in [0.1, 0.15) is 0 Å². The Bertz CT molecular complexity index is 608. The first-order valence-electron chi connectivity index (χ1n) is 5.87. The molecule has 110 valence electrons. The number of rotatable bonds is 6. The van der Waals surface area contributed by atoms with E-state index in [1.165, 1.54) is 32.8 Å². The summed E-state index contributed by atoms with van der Waals surface area (Å²) >= 11 is 0. The molecule has 2 rings (SSSR count). The summed E-state index contributed by atoms with van der Waals surface area (Å²) in [5, 5.41) is 2.56. The summed E-state index contributed by atoms with van der Waals surface area (Å²) in [4.78, 5) is 27.3. The van der Waals surface area contributed by atoms with E-state index < -0.39 is 5.91 Å². The lowest BCUT2D eigenvalue weighted by atomic mass is 10.4. The third-order valence-electron chi connectivity index (χ3n) is 2.26. The van der Waals surface area contributed by atoms with Crippen LogP contribution < -0.4 is 19.5 Å². The quantitative estimate of drug-likeness (QED) is 0.809. The van der Waals surface area contributed by atoms with E-state index >= 15 is 0 Å². The highest BCUT2D eigenvalue weighted by atomic mass is 16.5. The molecule has 0 saturated heterocycles. The molecular formula is C12H13N5O4. The topological polar surface area (TPSA) is 108 Å². The number of ether oxygens (including phenoxy) is 3. The zero-order chi connectivity index (χ0) is 15.1. The molecule has 0 bridgehead atoms. The number of carbonyl (C=O) groups is 1. The highest BCUT2D eigenvalue weighted by Gasteiger charge is 2.12. The van der Waals surface area contributed by atoms with Crippen molar-refractivity contribution < 1.29 is 19.0 Å². The fourth-order valence-corrected chi connectivity index (χ4v) is 1.37. The Labute approximate surface area is 120 Å². The maximum absolute atomic E-state index is 11.8. The van der Waals surface area contributed by atoms with Crippen molar-refractivity contribution in [1.29, 1.82) is 0 Å². The van der Waals surface area contributed by atoms with Crippen molar-refractivity contribution in [3.05, 3.63) is 24.7 Å². The van der Waals surface area contributed by atoms with Crippen LogP contribution in [0.25, 0.3) is 0 Å². The highest BCUT2D eigenvalue weighted by molar-refractivity contribution is 5.92. The molecule has 0 unspecified atom stereocenters. The molecule has 0 saturated carbocycles. The van der Waals surface area contributed by atoms with E-state index in [0.29, 0.717) is 5.69 Å². The third-order valence-corrected chi connectivity index (χ3v) is 2.26.